The summed E-state index contributed by atoms with van der Waals surface area (Å²) in [5, 5.41) is 3.32. The molecule has 3 N–H and O–H groups in total. The molecule has 104 valence electrons. The first-order valence-corrected chi connectivity index (χ1v) is 6.49. The number of hydrogen-bond donors (Lipinski definition) is 2. The number of primary amides is 1. The molecule has 0 aromatic heterocycles. The summed E-state index contributed by atoms with van der Waals surface area (Å²) in [4.78, 5) is 10.9. The van der Waals surface area contributed by atoms with E-state index in [0.717, 1.165) is 19.4 Å². The third kappa shape index (κ3) is 3.75. The molecule has 0 aliphatic carbocycles. The number of halogens is 1. The van der Waals surface area contributed by atoms with Crippen LogP contribution in [0, 0.1) is 5.82 Å². The van der Waals surface area contributed by atoms with Crippen molar-refractivity contribution in [2.24, 2.45) is 5.73 Å². The molecule has 1 saturated heterocycles. The number of benzene rings is 1. The first-order valence-electron chi connectivity index (χ1n) is 6.49. The van der Waals surface area contributed by atoms with Gasteiger partial charge in [0, 0.05) is 30.3 Å². The SMILES string of the molecule is CC1CC(NCc2ccc(C(N)=O)cc2F)CCO1. The highest BCUT2D eigenvalue weighted by Gasteiger charge is 2.19. The smallest absolute Gasteiger partial charge is 0.248 e. The largest absolute Gasteiger partial charge is 0.378 e. The van der Waals surface area contributed by atoms with E-state index in [1.165, 1.54) is 6.07 Å². The van der Waals surface area contributed by atoms with Crippen LogP contribution in [0.5, 0.6) is 0 Å². The topological polar surface area (TPSA) is 64.3 Å². The van der Waals surface area contributed by atoms with Gasteiger partial charge in [0.1, 0.15) is 5.82 Å². The molecular formula is C14H19FN2O2. The zero-order valence-electron chi connectivity index (χ0n) is 11.0. The Morgan fingerprint density at radius 3 is 3.00 bits per heavy atom. The number of nitrogens with two attached hydrogens (primary N) is 1. The predicted molar refractivity (Wildman–Crippen MR) is 70.2 cm³/mol. The van der Waals surface area contributed by atoms with E-state index in [1.54, 1.807) is 12.1 Å². The monoisotopic (exact) mass is 266 g/mol. The van der Waals surface area contributed by atoms with E-state index >= 15 is 0 Å². The van der Waals surface area contributed by atoms with Gasteiger partial charge in [-0.1, -0.05) is 6.07 Å². The normalized spacial score (nSPS) is 23.3. The Bertz CT molecular complexity index is 465. The van der Waals surface area contributed by atoms with Gasteiger partial charge in [0.25, 0.3) is 0 Å². The van der Waals surface area contributed by atoms with E-state index in [-0.39, 0.29) is 11.7 Å². The van der Waals surface area contributed by atoms with Crippen LogP contribution in [0.15, 0.2) is 18.2 Å². The molecule has 0 spiro atoms. The average Bonchev–Trinajstić information content (AvgIpc) is 2.37. The number of carbonyl (C=O) groups excluding carboxylic acids is 1. The third-order valence-corrected chi connectivity index (χ3v) is 3.40. The fraction of sp³-hybridized carbons (Fsp3) is 0.500. The minimum atomic E-state index is -0.614. The fourth-order valence-electron chi connectivity index (χ4n) is 2.28. The second-order valence-electron chi connectivity index (χ2n) is 4.95. The van der Waals surface area contributed by atoms with Crippen LogP contribution in [0.2, 0.25) is 0 Å². The molecule has 1 aromatic carbocycles. The highest BCUT2D eigenvalue weighted by Crippen LogP contribution is 2.15. The Hall–Kier alpha value is -1.46. The van der Waals surface area contributed by atoms with Gasteiger partial charge in [-0.2, -0.15) is 0 Å². The van der Waals surface area contributed by atoms with Crippen molar-refractivity contribution in [3.63, 3.8) is 0 Å². The zero-order chi connectivity index (χ0) is 13.8. The van der Waals surface area contributed by atoms with E-state index in [2.05, 4.69) is 5.32 Å². The molecule has 1 aromatic rings. The van der Waals surface area contributed by atoms with Crippen LogP contribution in [0.1, 0.15) is 35.7 Å². The lowest BCUT2D eigenvalue weighted by molar-refractivity contribution is 0.0130. The first kappa shape index (κ1) is 14.0. The number of amides is 1. The van der Waals surface area contributed by atoms with Gasteiger partial charge < -0.3 is 15.8 Å². The second kappa shape index (κ2) is 6.12. The lowest BCUT2D eigenvalue weighted by Gasteiger charge is -2.28. The minimum Gasteiger partial charge on any atom is -0.378 e. The predicted octanol–water partition coefficient (Wildman–Crippen LogP) is 1.58. The number of rotatable bonds is 4. The summed E-state index contributed by atoms with van der Waals surface area (Å²) in [6.07, 6.45) is 2.11. The Labute approximate surface area is 112 Å². The minimum absolute atomic E-state index is 0.195. The quantitative estimate of drug-likeness (QED) is 0.869. The fourth-order valence-corrected chi connectivity index (χ4v) is 2.28. The summed E-state index contributed by atoms with van der Waals surface area (Å²) in [5.41, 5.74) is 5.84. The molecule has 19 heavy (non-hydrogen) atoms. The maximum Gasteiger partial charge on any atom is 0.248 e. The number of hydrogen-bond acceptors (Lipinski definition) is 3. The van der Waals surface area contributed by atoms with Crippen molar-refractivity contribution >= 4 is 5.91 Å². The lowest BCUT2D eigenvalue weighted by atomic mass is 10.0. The van der Waals surface area contributed by atoms with E-state index in [4.69, 9.17) is 10.5 Å². The third-order valence-electron chi connectivity index (χ3n) is 3.40. The van der Waals surface area contributed by atoms with Crippen molar-refractivity contribution in [1.29, 1.82) is 0 Å². The lowest BCUT2D eigenvalue weighted by Crippen LogP contribution is -2.37. The molecular weight excluding hydrogens is 247 g/mol. The Morgan fingerprint density at radius 1 is 1.58 bits per heavy atom. The van der Waals surface area contributed by atoms with E-state index in [0.29, 0.717) is 18.2 Å². The van der Waals surface area contributed by atoms with Crippen molar-refractivity contribution < 1.29 is 13.9 Å². The molecule has 1 heterocycles. The second-order valence-corrected chi connectivity index (χ2v) is 4.95. The van der Waals surface area contributed by atoms with Crippen LogP contribution >= 0.6 is 0 Å². The van der Waals surface area contributed by atoms with Crippen molar-refractivity contribution in [1.82, 2.24) is 5.32 Å². The molecule has 1 aliphatic heterocycles. The Kier molecular flexibility index (Phi) is 4.50. The van der Waals surface area contributed by atoms with E-state index < -0.39 is 11.7 Å². The van der Waals surface area contributed by atoms with Crippen molar-refractivity contribution in [3.05, 3.63) is 35.1 Å². The van der Waals surface area contributed by atoms with Gasteiger partial charge in [-0.25, -0.2) is 4.39 Å². The standard InChI is InChI=1S/C14H19FN2O2/c1-9-6-12(4-5-19-9)17-8-11-3-2-10(14(16)18)7-13(11)15/h2-3,7,9,12,17H,4-6,8H2,1H3,(H2,16,18). The van der Waals surface area contributed by atoms with Crippen LogP contribution in [-0.4, -0.2) is 24.7 Å². The van der Waals surface area contributed by atoms with Crippen LogP contribution in [0.4, 0.5) is 4.39 Å². The Morgan fingerprint density at radius 2 is 2.37 bits per heavy atom. The molecule has 1 aliphatic rings. The van der Waals surface area contributed by atoms with Crippen LogP contribution < -0.4 is 11.1 Å². The maximum absolute atomic E-state index is 13.8. The summed E-state index contributed by atoms with van der Waals surface area (Å²) >= 11 is 0. The molecule has 5 heteroatoms. The first-order chi connectivity index (χ1) is 9.06. The molecule has 2 atom stereocenters. The van der Waals surface area contributed by atoms with E-state index in [1.807, 2.05) is 6.92 Å². The van der Waals surface area contributed by atoms with Crippen LogP contribution in [0.3, 0.4) is 0 Å². The van der Waals surface area contributed by atoms with Gasteiger partial charge in [0.15, 0.2) is 0 Å². The molecule has 2 rings (SSSR count). The molecule has 0 saturated carbocycles. The summed E-state index contributed by atoms with van der Waals surface area (Å²) in [6, 6.07) is 4.69. The highest BCUT2D eigenvalue weighted by atomic mass is 19.1. The average molecular weight is 266 g/mol. The summed E-state index contributed by atoms with van der Waals surface area (Å²) in [6.45, 7) is 3.22. The van der Waals surface area contributed by atoms with E-state index in [9.17, 15) is 9.18 Å². The van der Waals surface area contributed by atoms with Gasteiger partial charge >= 0.3 is 0 Å². The molecule has 2 unspecified atom stereocenters. The zero-order valence-corrected chi connectivity index (χ0v) is 11.0. The van der Waals surface area contributed by atoms with Gasteiger partial charge in [-0.3, -0.25) is 4.79 Å². The number of nitrogens with one attached hydrogen (secondary N) is 1. The Balaban J connectivity index is 1.94. The van der Waals surface area contributed by atoms with Crippen LogP contribution in [0.25, 0.3) is 0 Å². The molecule has 4 nitrogen and oxygen atoms in total. The van der Waals surface area contributed by atoms with Gasteiger partial charge in [-0.15, -0.1) is 0 Å². The molecule has 1 amide bonds. The van der Waals surface area contributed by atoms with Gasteiger partial charge in [-0.05, 0) is 31.9 Å². The van der Waals surface area contributed by atoms with Gasteiger partial charge in [0.2, 0.25) is 5.91 Å². The maximum atomic E-state index is 13.8. The van der Waals surface area contributed by atoms with Crippen molar-refractivity contribution in [3.8, 4) is 0 Å². The highest BCUT2D eigenvalue weighted by molar-refractivity contribution is 5.92. The summed E-state index contributed by atoms with van der Waals surface area (Å²) in [7, 11) is 0. The molecule has 0 bridgehead atoms. The molecule has 1 fully saturated rings. The number of carbonyl (C=O) groups is 1. The van der Waals surface area contributed by atoms with Crippen LogP contribution in [-0.2, 0) is 11.3 Å². The summed E-state index contributed by atoms with van der Waals surface area (Å²) in [5.74, 6) is -1.01. The summed E-state index contributed by atoms with van der Waals surface area (Å²) < 4.78 is 19.2. The van der Waals surface area contributed by atoms with Crippen molar-refractivity contribution in [2.75, 3.05) is 6.61 Å². The number of ether oxygens (including phenoxy) is 1. The molecule has 0 radical (unpaired) electrons. The van der Waals surface area contributed by atoms with Crippen molar-refractivity contribution in [2.45, 2.75) is 38.5 Å². The van der Waals surface area contributed by atoms with Gasteiger partial charge in [0.05, 0.1) is 6.10 Å².